The number of aromatic amines is 1. The minimum atomic E-state index is -1.23. The predicted octanol–water partition coefficient (Wildman–Crippen LogP) is 6.47. The zero-order valence-corrected chi connectivity index (χ0v) is 31.4. The molecule has 1 unspecified atom stereocenters. The van der Waals surface area contributed by atoms with E-state index < -0.39 is 11.6 Å². The molecule has 0 aliphatic carbocycles. The number of nitrogens with zero attached hydrogens (tertiary/aromatic N) is 5. The van der Waals surface area contributed by atoms with E-state index in [1.165, 1.54) is 0 Å². The molecule has 6 heterocycles. The molecule has 56 heavy (non-hydrogen) atoms. The fourth-order valence-electron chi connectivity index (χ4n) is 7.97. The quantitative estimate of drug-likeness (QED) is 0.117. The SMILES string of the molecule is C[C@@H]1COCCN1c1cc(OCCCCNC(=O)c2ccc3c(c2)C(=O)OC32c3ccccc3Oc3cccc(N(C)C)c32)c2ccnc(-c3ccn[nH]3)c2n1. The standard InChI is InChI=1S/C43H41N7O6/c1-26-25-53-22-20-50(26)37-24-36(28-15-18-44-40(39(28)47-37)32-16-19-46-48-32)54-21-7-6-17-45-41(51)27-13-14-30-29(23-27)42(52)56-43(30)31-9-4-5-11-34(31)55-35-12-8-10-33(38(35)43)49(2)3/h4-5,8-16,18-19,23-24,26H,6-7,17,20-22,25H2,1-3H3,(H,45,51)(H,46,48)/t26-,43?/m1/s1. The van der Waals surface area contributed by atoms with E-state index >= 15 is 0 Å². The lowest BCUT2D eigenvalue weighted by molar-refractivity contribution is 0.0226. The number of morpholine rings is 1. The molecule has 3 aliphatic heterocycles. The number of nitrogens with one attached hydrogen (secondary N) is 2. The normalized spacial score (nSPS) is 18.2. The van der Waals surface area contributed by atoms with Crippen LogP contribution in [-0.2, 0) is 15.1 Å². The van der Waals surface area contributed by atoms with E-state index in [9.17, 15) is 9.59 Å². The van der Waals surface area contributed by atoms with Crippen LogP contribution >= 0.6 is 0 Å². The summed E-state index contributed by atoms with van der Waals surface area (Å²) in [4.78, 5) is 41.0. The number of anilines is 2. The molecule has 1 fully saturated rings. The third-order valence-corrected chi connectivity index (χ3v) is 10.7. The van der Waals surface area contributed by atoms with Crippen LogP contribution < -0.4 is 24.6 Å². The highest BCUT2D eigenvalue weighted by molar-refractivity contribution is 6.02. The van der Waals surface area contributed by atoms with Gasteiger partial charge in [0.15, 0.2) is 5.60 Å². The van der Waals surface area contributed by atoms with Gasteiger partial charge in [0.1, 0.15) is 34.3 Å². The maximum atomic E-state index is 13.7. The summed E-state index contributed by atoms with van der Waals surface area (Å²) in [5.41, 5.74) is 4.71. The number of pyridine rings is 2. The number of hydrogen-bond acceptors (Lipinski definition) is 11. The van der Waals surface area contributed by atoms with Gasteiger partial charge in [-0.3, -0.25) is 14.9 Å². The first kappa shape index (κ1) is 35.2. The lowest BCUT2D eigenvalue weighted by atomic mass is 9.76. The Labute approximate surface area is 323 Å². The molecule has 1 amide bonds. The van der Waals surface area contributed by atoms with Crippen LogP contribution in [0.3, 0.4) is 0 Å². The average molecular weight is 752 g/mol. The number of hydrogen-bond donors (Lipinski definition) is 2. The van der Waals surface area contributed by atoms with Crippen LogP contribution in [0.2, 0.25) is 0 Å². The number of carbonyl (C=O) groups is 2. The summed E-state index contributed by atoms with van der Waals surface area (Å²) >= 11 is 0. The number of amides is 1. The number of carbonyl (C=O) groups excluding carboxylic acids is 2. The number of fused-ring (bicyclic) bond motifs is 7. The van der Waals surface area contributed by atoms with E-state index in [2.05, 4.69) is 32.3 Å². The van der Waals surface area contributed by atoms with Crippen molar-refractivity contribution in [2.75, 3.05) is 56.8 Å². The zero-order valence-electron chi connectivity index (χ0n) is 31.4. The molecule has 1 spiro atoms. The maximum Gasteiger partial charge on any atom is 0.340 e. The van der Waals surface area contributed by atoms with Gasteiger partial charge in [0.2, 0.25) is 0 Å². The van der Waals surface area contributed by atoms with E-state index in [-0.39, 0.29) is 11.9 Å². The number of esters is 1. The highest BCUT2D eigenvalue weighted by atomic mass is 16.6. The second-order valence-corrected chi connectivity index (χ2v) is 14.4. The molecule has 13 nitrogen and oxygen atoms in total. The molecule has 2 atom stereocenters. The molecule has 13 heteroatoms. The van der Waals surface area contributed by atoms with Crippen molar-refractivity contribution < 1.29 is 28.5 Å². The smallest absolute Gasteiger partial charge is 0.340 e. The Kier molecular flexibility index (Phi) is 9.01. The summed E-state index contributed by atoms with van der Waals surface area (Å²) in [6, 6.07) is 24.5. The van der Waals surface area contributed by atoms with Crippen LogP contribution in [0.4, 0.5) is 11.5 Å². The van der Waals surface area contributed by atoms with Crippen LogP contribution in [-0.4, -0.2) is 85.1 Å². The van der Waals surface area contributed by atoms with E-state index in [4.69, 9.17) is 23.9 Å². The molecular weight excluding hydrogens is 711 g/mol. The van der Waals surface area contributed by atoms with Crippen LogP contribution in [0.1, 0.15) is 57.2 Å². The fourth-order valence-corrected chi connectivity index (χ4v) is 7.97. The Bertz CT molecular complexity index is 2470. The van der Waals surface area contributed by atoms with Gasteiger partial charge in [-0.25, -0.2) is 9.78 Å². The first-order valence-corrected chi connectivity index (χ1v) is 18.8. The van der Waals surface area contributed by atoms with Gasteiger partial charge < -0.3 is 34.1 Å². The molecule has 0 saturated carbocycles. The van der Waals surface area contributed by atoms with Crippen molar-refractivity contribution in [3.8, 4) is 28.6 Å². The van der Waals surface area contributed by atoms with Gasteiger partial charge in [-0.05, 0) is 62.2 Å². The van der Waals surface area contributed by atoms with Gasteiger partial charge in [0.25, 0.3) is 5.91 Å². The lowest BCUT2D eigenvalue weighted by Crippen LogP contribution is -2.44. The Morgan fingerprint density at radius 2 is 1.89 bits per heavy atom. The largest absolute Gasteiger partial charge is 0.493 e. The molecule has 2 N–H and O–H groups in total. The van der Waals surface area contributed by atoms with Crippen molar-refractivity contribution in [1.29, 1.82) is 0 Å². The topological polar surface area (TPSA) is 144 Å². The number of benzene rings is 3. The van der Waals surface area contributed by atoms with E-state index in [1.807, 2.05) is 85.7 Å². The van der Waals surface area contributed by atoms with Crippen molar-refractivity contribution in [1.82, 2.24) is 25.5 Å². The molecule has 1 saturated heterocycles. The second kappa shape index (κ2) is 14.3. The first-order valence-electron chi connectivity index (χ1n) is 18.8. The highest BCUT2D eigenvalue weighted by Gasteiger charge is 2.55. The number of unbranched alkanes of at least 4 members (excludes halogenated alkanes) is 1. The van der Waals surface area contributed by atoms with Gasteiger partial charge in [-0.1, -0.05) is 30.3 Å². The fraction of sp³-hybridized carbons (Fsp3) is 0.279. The molecule has 3 aliphatic rings. The van der Waals surface area contributed by atoms with Gasteiger partial charge in [0.05, 0.1) is 42.7 Å². The molecule has 0 bridgehead atoms. The Hall–Kier alpha value is -6.47. The molecule has 284 valence electrons. The molecule has 3 aromatic heterocycles. The molecule has 6 aromatic rings. The summed E-state index contributed by atoms with van der Waals surface area (Å²) in [5, 5.41) is 11.0. The minimum absolute atomic E-state index is 0.154. The number of rotatable bonds is 10. The summed E-state index contributed by atoms with van der Waals surface area (Å²) in [6.07, 6.45) is 4.82. The van der Waals surface area contributed by atoms with Gasteiger partial charge >= 0.3 is 5.97 Å². The van der Waals surface area contributed by atoms with E-state index in [0.29, 0.717) is 78.8 Å². The van der Waals surface area contributed by atoms with Gasteiger partial charge in [-0.15, -0.1) is 0 Å². The van der Waals surface area contributed by atoms with E-state index in [1.54, 1.807) is 24.5 Å². The third-order valence-electron chi connectivity index (χ3n) is 10.7. The van der Waals surface area contributed by atoms with Crippen LogP contribution in [0.25, 0.3) is 22.3 Å². The van der Waals surface area contributed by atoms with Crippen molar-refractivity contribution in [2.45, 2.75) is 31.4 Å². The molecular formula is C43H41N7O6. The first-order chi connectivity index (χ1) is 27.3. The summed E-state index contributed by atoms with van der Waals surface area (Å²) in [5.74, 6) is 1.98. The second-order valence-electron chi connectivity index (χ2n) is 14.4. The number of H-pyrrole nitrogens is 1. The third kappa shape index (κ3) is 5.95. The summed E-state index contributed by atoms with van der Waals surface area (Å²) in [6.45, 7) is 4.95. The number of para-hydroxylation sites is 1. The van der Waals surface area contributed by atoms with Crippen LogP contribution in [0, 0.1) is 0 Å². The summed E-state index contributed by atoms with van der Waals surface area (Å²) in [7, 11) is 3.89. The average Bonchev–Trinajstić information content (AvgIpc) is 3.85. The van der Waals surface area contributed by atoms with E-state index in [0.717, 1.165) is 45.8 Å². The van der Waals surface area contributed by atoms with Crippen LogP contribution in [0.5, 0.6) is 17.2 Å². The summed E-state index contributed by atoms with van der Waals surface area (Å²) < 4.78 is 24.8. The van der Waals surface area contributed by atoms with Crippen molar-refractivity contribution in [3.05, 3.63) is 119 Å². The predicted molar refractivity (Wildman–Crippen MR) is 211 cm³/mol. The van der Waals surface area contributed by atoms with Gasteiger partial charge in [-0.2, -0.15) is 5.10 Å². The van der Waals surface area contributed by atoms with Crippen molar-refractivity contribution >= 4 is 34.3 Å². The zero-order chi connectivity index (χ0) is 38.4. The lowest BCUT2D eigenvalue weighted by Gasteiger charge is -2.38. The Morgan fingerprint density at radius 3 is 2.73 bits per heavy atom. The monoisotopic (exact) mass is 751 g/mol. The number of aromatic nitrogens is 4. The van der Waals surface area contributed by atoms with Crippen LogP contribution in [0.15, 0.2) is 91.3 Å². The number of ether oxygens (including phenoxy) is 4. The molecule has 0 radical (unpaired) electrons. The Balaban J connectivity index is 0.900. The van der Waals surface area contributed by atoms with Crippen molar-refractivity contribution in [3.63, 3.8) is 0 Å². The van der Waals surface area contributed by atoms with Crippen molar-refractivity contribution in [2.24, 2.45) is 0 Å². The molecule has 3 aromatic carbocycles. The maximum absolute atomic E-state index is 13.7. The minimum Gasteiger partial charge on any atom is -0.493 e. The highest BCUT2D eigenvalue weighted by Crippen LogP contribution is 2.58. The molecule has 9 rings (SSSR count). The van der Waals surface area contributed by atoms with Gasteiger partial charge in [0, 0.05) is 73.4 Å². The Morgan fingerprint density at radius 1 is 1.02 bits per heavy atom.